The number of carbonyl (C=O) groups is 1. The molecule has 1 amide bonds. The molecule has 2 N–H and O–H groups in total. The molecular weight excluding hydrogens is 264 g/mol. The maximum atomic E-state index is 12.3. The van der Waals surface area contributed by atoms with Gasteiger partial charge in [0, 0.05) is 12.4 Å². The summed E-state index contributed by atoms with van der Waals surface area (Å²) in [6.07, 6.45) is 4.68. The summed E-state index contributed by atoms with van der Waals surface area (Å²) in [5.74, 6) is -0.107. The van der Waals surface area contributed by atoms with Gasteiger partial charge >= 0.3 is 0 Å². The van der Waals surface area contributed by atoms with E-state index in [1.807, 2.05) is 60.3 Å². The summed E-state index contributed by atoms with van der Waals surface area (Å²) in [7, 11) is 0. The molecule has 0 aliphatic carbocycles. The monoisotopic (exact) mass is 286 g/mol. The number of carbonyl (C=O) groups excluding carboxylic acids is 1. The zero-order valence-electron chi connectivity index (χ0n) is 12.5. The Balaban J connectivity index is 2.05. The van der Waals surface area contributed by atoms with Gasteiger partial charge in [-0.05, 0) is 36.6 Å². The highest BCUT2D eigenvalue weighted by Crippen LogP contribution is 2.16. The Morgan fingerprint density at radius 1 is 1.24 bits per heavy atom. The fourth-order valence-electron chi connectivity index (χ4n) is 2.25. The van der Waals surface area contributed by atoms with E-state index in [1.165, 1.54) is 5.56 Å². The largest absolute Gasteiger partial charge is 0.394 e. The number of aromatic nitrogens is 1. The van der Waals surface area contributed by atoms with Crippen LogP contribution in [0, 0.1) is 0 Å². The van der Waals surface area contributed by atoms with E-state index in [-0.39, 0.29) is 24.6 Å². The molecule has 2 atom stereocenters. The number of aliphatic hydroxyl groups is 1. The molecule has 4 nitrogen and oxygen atoms in total. The Kier molecular flexibility index (Phi) is 5.17. The van der Waals surface area contributed by atoms with Crippen LogP contribution in [0.4, 0.5) is 0 Å². The van der Waals surface area contributed by atoms with E-state index in [0.29, 0.717) is 0 Å². The van der Waals surface area contributed by atoms with Crippen LogP contribution in [0.1, 0.15) is 37.1 Å². The Morgan fingerprint density at radius 2 is 1.86 bits per heavy atom. The van der Waals surface area contributed by atoms with Crippen molar-refractivity contribution >= 4 is 5.91 Å². The summed E-state index contributed by atoms with van der Waals surface area (Å²) in [4.78, 5) is 12.3. The number of benzene rings is 1. The van der Waals surface area contributed by atoms with Crippen molar-refractivity contribution in [1.82, 2.24) is 9.88 Å². The predicted octanol–water partition coefficient (Wildman–Crippen LogP) is 2.46. The molecule has 112 valence electrons. The van der Waals surface area contributed by atoms with Gasteiger partial charge in [0.05, 0.1) is 12.6 Å². The highest BCUT2D eigenvalue weighted by molar-refractivity contribution is 5.80. The summed E-state index contributed by atoms with van der Waals surface area (Å²) in [5, 5.41) is 12.4. The standard InChI is InChI=1S/C17H22N2O2/c1-3-14-6-8-15(9-7-14)16(12-20)18-17(21)13(2)19-10-4-5-11-19/h4-11,13,16,20H,3,12H2,1-2H3,(H,18,21). The van der Waals surface area contributed by atoms with Crippen LogP contribution < -0.4 is 5.32 Å². The zero-order chi connectivity index (χ0) is 15.2. The predicted molar refractivity (Wildman–Crippen MR) is 82.9 cm³/mol. The molecule has 0 aliphatic rings. The first-order chi connectivity index (χ1) is 10.2. The first-order valence-electron chi connectivity index (χ1n) is 7.28. The van der Waals surface area contributed by atoms with Crippen LogP contribution in [0.25, 0.3) is 0 Å². The molecule has 2 unspecified atom stereocenters. The normalized spacial score (nSPS) is 13.7. The maximum Gasteiger partial charge on any atom is 0.243 e. The lowest BCUT2D eigenvalue weighted by molar-refractivity contribution is -0.125. The van der Waals surface area contributed by atoms with Gasteiger partial charge in [-0.15, -0.1) is 0 Å². The minimum Gasteiger partial charge on any atom is -0.394 e. The van der Waals surface area contributed by atoms with E-state index in [0.717, 1.165) is 12.0 Å². The average molecular weight is 286 g/mol. The molecule has 0 bridgehead atoms. The Morgan fingerprint density at radius 3 is 2.38 bits per heavy atom. The van der Waals surface area contributed by atoms with E-state index in [4.69, 9.17) is 0 Å². The third-order valence-electron chi connectivity index (χ3n) is 3.74. The van der Waals surface area contributed by atoms with Gasteiger partial charge in [-0.2, -0.15) is 0 Å². The minimum atomic E-state index is -0.374. The van der Waals surface area contributed by atoms with Gasteiger partial charge in [-0.25, -0.2) is 0 Å². The summed E-state index contributed by atoms with van der Waals surface area (Å²) in [6.45, 7) is 3.82. The van der Waals surface area contributed by atoms with Crippen molar-refractivity contribution in [2.24, 2.45) is 0 Å². The molecule has 21 heavy (non-hydrogen) atoms. The molecule has 2 rings (SSSR count). The molecule has 0 saturated carbocycles. The Bertz CT molecular complexity index is 561. The Hall–Kier alpha value is -2.07. The second-order valence-corrected chi connectivity index (χ2v) is 5.15. The van der Waals surface area contributed by atoms with E-state index >= 15 is 0 Å². The van der Waals surface area contributed by atoms with E-state index < -0.39 is 0 Å². The number of rotatable bonds is 6. The highest BCUT2D eigenvalue weighted by atomic mass is 16.3. The lowest BCUT2D eigenvalue weighted by atomic mass is 10.0. The fourth-order valence-corrected chi connectivity index (χ4v) is 2.25. The number of aryl methyl sites for hydroxylation is 1. The van der Waals surface area contributed by atoms with Gasteiger partial charge in [0.2, 0.25) is 5.91 Å². The van der Waals surface area contributed by atoms with E-state index in [1.54, 1.807) is 0 Å². The zero-order valence-corrected chi connectivity index (χ0v) is 12.5. The van der Waals surface area contributed by atoms with E-state index in [9.17, 15) is 9.90 Å². The fraction of sp³-hybridized carbons (Fsp3) is 0.353. The second kappa shape index (κ2) is 7.09. The van der Waals surface area contributed by atoms with Gasteiger partial charge < -0.3 is 15.0 Å². The van der Waals surface area contributed by atoms with Gasteiger partial charge in [-0.1, -0.05) is 31.2 Å². The number of amides is 1. The van der Waals surface area contributed by atoms with Crippen molar-refractivity contribution < 1.29 is 9.90 Å². The minimum absolute atomic E-state index is 0.107. The molecule has 0 aliphatic heterocycles. The van der Waals surface area contributed by atoms with Crippen LogP contribution in [0.2, 0.25) is 0 Å². The van der Waals surface area contributed by atoms with Crippen LogP contribution in [0.3, 0.4) is 0 Å². The van der Waals surface area contributed by atoms with Crippen LogP contribution in [0.15, 0.2) is 48.8 Å². The van der Waals surface area contributed by atoms with Crippen molar-refractivity contribution in [3.63, 3.8) is 0 Å². The molecule has 4 heteroatoms. The van der Waals surface area contributed by atoms with E-state index in [2.05, 4.69) is 12.2 Å². The molecule has 0 radical (unpaired) electrons. The number of nitrogens with zero attached hydrogens (tertiary/aromatic N) is 1. The number of nitrogens with one attached hydrogen (secondary N) is 1. The molecule has 1 aromatic heterocycles. The maximum absolute atomic E-state index is 12.3. The summed E-state index contributed by atoms with van der Waals surface area (Å²) < 4.78 is 1.84. The first kappa shape index (κ1) is 15.3. The third kappa shape index (κ3) is 3.73. The summed E-state index contributed by atoms with van der Waals surface area (Å²) >= 11 is 0. The quantitative estimate of drug-likeness (QED) is 0.857. The molecule has 0 saturated heterocycles. The Labute approximate surface area is 125 Å². The average Bonchev–Trinajstić information content (AvgIpc) is 3.06. The van der Waals surface area contributed by atoms with Crippen LogP contribution >= 0.6 is 0 Å². The van der Waals surface area contributed by atoms with Crippen LogP contribution in [-0.2, 0) is 11.2 Å². The molecule has 0 spiro atoms. The van der Waals surface area contributed by atoms with Crippen LogP contribution in [0.5, 0.6) is 0 Å². The van der Waals surface area contributed by atoms with Crippen molar-refractivity contribution in [3.8, 4) is 0 Å². The van der Waals surface area contributed by atoms with Crippen molar-refractivity contribution in [1.29, 1.82) is 0 Å². The molecule has 1 heterocycles. The summed E-state index contributed by atoms with van der Waals surface area (Å²) in [6, 6.07) is 11.1. The first-order valence-corrected chi connectivity index (χ1v) is 7.28. The van der Waals surface area contributed by atoms with Gasteiger partial charge in [0.1, 0.15) is 6.04 Å². The van der Waals surface area contributed by atoms with Crippen molar-refractivity contribution in [2.45, 2.75) is 32.4 Å². The second-order valence-electron chi connectivity index (χ2n) is 5.15. The highest BCUT2D eigenvalue weighted by Gasteiger charge is 2.19. The van der Waals surface area contributed by atoms with Crippen molar-refractivity contribution in [2.75, 3.05) is 6.61 Å². The van der Waals surface area contributed by atoms with Gasteiger partial charge in [0.25, 0.3) is 0 Å². The SMILES string of the molecule is CCc1ccc(C(CO)NC(=O)C(C)n2cccc2)cc1. The van der Waals surface area contributed by atoms with Crippen molar-refractivity contribution in [3.05, 3.63) is 59.9 Å². The van der Waals surface area contributed by atoms with Crippen LogP contribution in [-0.4, -0.2) is 22.2 Å². The number of hydrogen-bond donors (Lipinski definition) is 2. The molecule has 1 aromatic carbocycles. The topological polar surface area (TPSA) is 54.3 Å². The van der Waals surface area contributed by atoms with Gasteiger partial charge in [0.15, 0.2) is 0 Å². The number of hydrogen-bond acceptors (Lipinski definition) is 2. The third-order valence-corrected chi connectivity index (χ3v) is 3.74. The smallest absolute Gasteiger partial charge is 0.243 e. The molecule has 0 fully saturated rings. The van der Waals surface area contributed by atoms with Gasteiger partial charge in [-0.3, -0.25) is 4.79 Å². The lowest BCUT2D eigenvalue weighted by Crippen LogP contribution is -2.35. The molecular formula is C17H22N2O2. The summed E-state index contributed by atoms with van der Waals surface area (Å²) in [5.41, 5.74) is 2.16. The number of aliphatic hydroxyl groups excluding tert-OH is 1. The molecule has 2 aromatic rings. The lowest BCUT2D eigenvalue weighted by Gasteiger charge is -2.20.